The molecule has 3 nitrogen and oxygen atoms in total. The Balaban J connectivity index is 2.28. The van der Waals surface area contributed by atoms with Crippen LogP contribution in [0.15, 0.2) is 12.1 Å². The van der Waals surface area contributed by atoms with E-state index in [1.54, 1.807) is 7.11 Å². The molecule has 1 atom stereocenters. The molecule has 3 heteroatoms. The van der Waals surface area contributed by atoms with Crippen molar-refractivity contribution >= 4 is 0 Å². The summed E-state index contributed by atoms with van der Waals surface area (Å²) in [6.07, 6.45) is 0. The number of aryl methyl sites for hydroxylation is 2. The summed E-state index contributed by atoms with van der Waals surface area (Å²) < 4.78 is 5.38. The van der Waals surface area contributed by atoms with E-state index in [1.807, 2.05) is 0 Å². The van der Waals surface area contributed by atoms with E-state index in [0.29, 0.717) is 6.04 Å². The minimum absolute atomic E-state index is 0.428. The predicted octanol–water partition coefficient (Wildman–Crippen LogP) is 1.55. The Kier molecular flexibility index (Phi) is 3.46. The van der Waals surface area contributed by atoms with Crippen molar-refractivity contribution in [3.8, 4) is 5.75 Å². The van der Waals surface area contributed by atoms with Gasteiger partial charge in [-0.15, -0.1) is 0 Å². The van der Waals surface area contributed by atoms with Gasteiger partial charge in [-0.25, -0.2) is 0 Å². The topological polar surface area (TPSA) is 33.3 Å². The van der Waals surface area contributed by atoms with E-state index >= 15 is 0 Å². The molecular weight excluding hydrogens is 200 g/mol. The van der Waals surface area contributed by atoms with Gasteiger partial charge in [0.05, 0.1) is 7.11 Å². The van der Waals surface area contributed by atoms with Crippen LogP contribution in [0.2, 0.25) is 0 Å². The summed E-state index contributed by atoms with van der Waals surface area (Å²) >= 11 is 0. The Morgan fingerprint density at radius 1 is 1.19 bits per heavy atom. The van der Waals surface area contributed by atoms with Crippen LogP contribution in [0.5, 0.6) is 5.75 Å². The molecule has 2 N–H and O–H groups in total. The molecule has 0 amide bonds. The van der Waals surface area contributed by atoms with Gasteiger partial charge in [0.25, 0.3) is 0 Å². The molecule has 1 aromatic rings. The fourth-order valence-electron chi connectivity index (χ4n) is 2.40. The summed E-state index contributed by atoms with van der Waals surface area (Å²) in [6.45, 7) is 7.31. The molecule has 88 valence electrons. The molecular formula is C13H20N2O. The summed E-state index contributed by atoms with van der Waals surface area (Å²) in [5.41, 5.74) is 3.78. The molecule has 0 aromatic heterocycles. The smallest absolute Gasteiger partial charge is 0.124 e. The van der Waals surface area contributed by atoms with Crippen molar-refractivity contribution in [1.82, 2.24) is 10.6 Å². The van der Waals surface area contributed by atoms with Gasteiger partial charge in [0, 0.05) is 25.7 Å². The lowest BCUT2D eigenvalue weighted by molar-refractivity contribution is 0.405. The van der Waals surface area contributed by atoms with Gasteiger partial charge >= 0.3 is 0 Å². The van der Waals surface area contributed by atoms with Crippen LogP contribution in [0, 0.1) is 13.8 Å². The average molecular weight is 220 g/mol. The zero-order chi connectivity index (χ0) is 11.5. The first-order chi connectivity index (χ1) is 7.72. The molecule has 0 radical (unpaired) electrons. The standard InChI is InChI=1S/C13H20N2O/c1-9-6-11(7-10(2)13(9)16-3)12-8-14-4-5-15-12/h6-7,12,14-15H,4-5,8H2,1-3H3/t12-/m0/s1. The first kappa shape index (κ1) is 11.4. The van der Waals surface area contributed by atoms with Crippen LogP contribution in [0.4, 0.5) is 0 Å². The summed E-state index contributed by atoms with van der Waals surface area (Å²) in [6, 6.07) is 4.87. The van der Waals surface area contributed by atoms with Crippen molar-refractivity contribution in [2.24, 2.45) is 0 Å². The van der Waals surface area contributed by atoms with Gasteiger partial charge in [0.2, 0.25) is 0 Å². The Morgan fingerprint density at radius 2 is 1.88 bits per heavy atom. The maximum absolute atomic E-state index is 5.38. The number of nitrogens with one attached hydrogen (secondary N) is 2. The summed E-state index contributed by atoms with van der Waals surface area (Å²) in [4.78, 5) is 0. The number of piperazine rings is 1. The highest BCUT2D eigenvalue weighted by molar-refractivity contribution is 5.44. The molecule has 0 unspecified atom stereocenters. The van der Waals surface area contributed by atoms with E-state index in [1.165, 1.54) is 16.7 Å². The largest absolute Gasteiger partial charge is 0.496 e. The molecule has 1 heterocycles. The number of ether oxygens (including phenoxy) is 1. The van der Waals surface area contributed by atoms with Crippen molar-refractivity contribution in [3.05, 3.63) is 28.8 Å². The van der Waals surface area contributed by atoms with E-state index in [-0.39, 0.29) is 0 Å². The Hall–Kier alpha value is -1.06. The molecule has 1 aromatic carbocycles. The van der Waals surface area contributed by atoms with Crippen LogP contribution >= 0.6 is 0 Å². The lowest BCUT2D eigenvalue weighted by Crippen LogP contribution is -2.42. The monoisotopic (exact) mass is 220 g/mol. The molecule has 1 fully saturated rings. The second-order valence-corrected chi connectivity index (χ2v) is 4.40. The Bertz CT molecular complexity index is 347. The van der Waals surface area contributed by atoms with Crippen molar-refractivity contribution in [1.29, 1.82) is 0 Å². The van der Waals surface area contributed by atoms with E-state index in [9.17, 15) is 0 Å². The van der Waals surface area contributed by atoms with Gasteiger partial charge in [-0.2, -0.15) is 0 Å². The quantitative estimate of drug-likeness (QED) is 0.793. The van der Waals surface area contributed by atoms with Crippen molar-refractivity contribution < 1.29 is 4.74 Å². The van der Waals surface area contributed by atoms with Crippen LogP contribution in [0.1, 0.15) is 22.7 Å². The van der Waals surface area contributed by atoms with Crippen LogP contribution in [-0.4, -0.2) is 26.7 Å². The van der Waals surface area contributed by atoms with Crippen LogP contribution in [0.25, 0.3) is 0 Å². The van der Waals surface area contributed by atoms with Crippen molar-refractivity contribution in [2.75, 3.05) is 26.7 Å². The lowest BCUT2D eigenvalue weighted by atomic mass is 9.99. The fraction of sp³-hybridized carbons (Fsp3) is 0.538. The second-order valence-electron chi connectivity index (χ2n) is 4.40. The normalized spacial score (nSPS) is 20.8. The fourth-order valence-corrected chi connectivity index (χ4v) is 2.40. The molecule has 16 heavy (non-hydrogen) atoms. The second kappa shape index (κ2) is 4.85. The average Bonchev–Trinajstić information content (AvgIpc) is 2.30. The zero-order valence-corrected chi connectivity index (χ0v) is 10.3. The molecule has 0 spiro atoms. The highest BCUT2D eigenvalue weighted by atomic mass is 16.5. The van der Waals surface area contributed by atoms with Crippen LogP contribution in [-0.2, 0) is 0 Å². The predicted molar refractivity (Wildman–Crippen MR) is 66.1 cm³/mol. The number of methoxy groups -OCH3 is 1. The summed E-state index contributed by atoms with van der Waals surface area (Å²) in [7, 11) is 1.73. The molecule has 1 aliphatic heterocycles. The van der Waals surface area contributed by atoms with E-state index in [4.69, 9.17) is 4.74 Å². The summed E-state index contributed by atoms with van der Waals surface area (Å²) in [5.74, 6) is 1.01. The van der Waals surface area contributed by atoms with Gasteiger partial charge in [-0.05, 0) is 30.5 Å². The zero-order valence-electron chi connectivity index (χ0n) is 10.3. The number of hydrogen-bond donors (Lipinski definition) is 2. The third kappa shape index (κ3) is 2.20. The lowest BCUT2D eigenvalue weighted by Gasteiger charge is -2.26. The number of hydrogen-bond acceptors (Lipinski definition) is 3. The van der Waals surface area contributed by atoms with Crippen LogP contribution in [0.3, 0.4) is 0 Å². The molecule has 1 aliphatic rings. The van der Waals surface area contributed by atoms with Gasteiger partial charge < -0.3 is 15.4 Å². The minimum Gasteiger partial charge on any atom is -0.496 e. The number of rotatable bonds is 2. The Labute approximate surface area is 97.2 Å². The number of benzene rings is 1. The molecule has 2 rings (SSSR count). The van der Waals surface area contributed by atoms with Gasteiger partial charge in [0.15, 0.2) is 0 Å². The highest BCUT2D eigenvalue weighted by Gasteiger charge is 2.16. The van der Waals surface area contributed by atoms with E-state index in [0.717, 1.165) is 25.4 Å². The first-order valence-corrected chi connectivity index (χ1v) is 5.81. The van der Waals surface area contributed by atoms with E-state index < -0.39 is 0 Å². The van der Waals surface area contributed by atoms with Crippen molar-refractivity contribution in [3.63, 3.8) is 0 Å². The third-order valence-electron chi connectivity index (χ3n) is 3.13. The maximum atomic E-state index is 5.38. The van der Waals surface area contributed by atoms with Crippen molar-refractivity contribution in [2.45, 2.75) is 19.9 Å². The highest BCUT2D eigenvalue weighted by Crippen LogP contribution is 2.27. The third-order valence-corrected chi connectivity index (χ3v) is 3.13. The van der Waals surface area contributed by atoms with Gasteiger partial charge in [-0.3, -0.25) is 0 Å². The first-order valence-electron chi connectivity index (χ1n) is 5.81. The van der Waals surface area contributed by atoms with Gasteiger partial charge in [-0.1, -0.05) is 12.1 Å². The molecule has 0 saturated carbocycles. The molecule has 1 saturated heterocycles. The molecule has 0 aliphatic carbocycles. The maximum Gasteiger partial charge on any atom is 0.124 e. The van der Waals surface area contributed by atoms with Crippen LogP contribution < -0.4 is 15.4 Å². The van der Waals surface area contributed by atoms with E-state index in [2.05, 4.69) is 36.6 Å². The summed E-state index contributed by atoms with van der Waals surface area (Å²) in [5, 5.41) is 6.93. The van der Waals surface area contributed by atoms with Gasteiger partial charge in [0.1, 0.15) is 5.75 Å². The SMILES string of the molecule is COc1c(C)cc([C@@H]2CNCCN2)cc1C. The molecule has 0 bridgehead atoms. The Morgan fingerprint density at radius 3 is 2.38 bits per heavy atom. The minimum atomic E-state index is 0.428.